The molecule has 0 saturated carbocycles. The number of esters is 2. The van der Waals surface area contributed by atoms with Crippen LogP contribution in [0.1, 0.15) is 65.2 Å². The Hall–Kier alpha value is -2.90. The minimum atomic E-state index is -1.50. The van der Waals surface area contributed by atoms with Crippen molar-refractivity contribution in [3.63, 3.8) is 0 Å². The standard InChI is InChI=1S/2C8H12O4.2C4H7O2.Sn.2H/c2*1-2-3-4-6(8(11)12)5-7(9)10;2*1-3-4(5)6-2;;;/h2*5H,2-4H2,1H3,(H,9,10)(H,11,12);2*1,3H2,2H3;;;/q;;;;+4;;/p-4/b2*6-5-;;;;;. The Morgan fingerprint density at radius 2 is 0.946 bits per heavy atom. The van der Waals surface area contributed by atoms with Crippen molar-refractivity contribution in [2.45, 2.75) is 74.1 Å². The maximum absolute atomic E-state index is 10.7. The van der Waals surface area contributed by atoms with Gasteiger partial charge in [0.1, 0.15) is 0 Å². The van der Waals surface area contributed by atoms with E-state index in [1.54, 1.807) is 0 Å². The van der Waals surface area contributed by atoms with E-state index in [0.717, 1.165) is 21.7 Å². The molecule has 0 heterocycles. The van der Waals surface area contributed by atoms with E-state index in [2.05, 4.69) is 9.47 Å². The molecule has 0 atom stereocenters. The first-order valence-corrected chi connectivity index (χ1v) is 17.5. The number of rotatable bonds is 16. The first-order chi connectivity index (χ1) is 17.4. The average Bonchev–Trinajstić information content (AvgIpc) is 2.83. The number of hydrogen-bond acceptors (Lipinski definition) is 12. The fourth-order valence-electron chi connectivity index (χ4n) is 2.40. The summed E-state index contributed by atoms with van der Waals surface area (Å²) in [6.07, 6.45) is 5.49. The van der Waals surface area contributed by atoms with Crippen molar-refractivity contribution in [1.29, 1.82) is 0 Å². The van der Waals surface area contributed by atoms with Gasteiger partial charge >= 0.3 is 88.1 Å². The third-order valence-electron chi connectivity index (χ3n) is 4.43. The molecule has 0 aliphatic rings. The van der Waals surface area contributed by atoms with E-state index in [9.17, 15) is 49.2 Å². The van der Waals surface area contributed by atoms with Crippen LogP contribution < -0.4 is 20.4 Å². The fourth-order valence-corrected chi connectivity index (χ4v) is 6.49. The van der Waals surface area contributed by atoms with E-state index < -0.39 is 45.0 Å². The summed E-state index contributed by atoms with van der Waals surface area (Å²) in [6.45, 7) is 3.76. The number of carboxylic acids is 4. The van der Waals surface area contributed by atoms with Crippen molar-refractivity contribution in [2.75, 3.05) is 14.2 Å². The summed E-state index contributed by atoms with van der Waals surface area (Å²) in [5.74, 6) is -6.15. The van der Waals surface area contributed by atoms with Crippen molar-refractivity contribution in [1.82, 2.24) is 0 Å². The maximum atomic E-state index is 10.7. The van der Waals surface area contributed by atoms with Gasteiger partial charge < -0.3 is 39.6 Å². The first-order valence-electron chi connectivity index (χ1n) is 11.7. The Kier molecular flexibility index (Phi) is 27.3. The van der Waals surface area contributed by atoms with Gasteiger partial charge in [-0.15, -0.1) is 0 Å². The molecule has 0 N–H and O–H groups in total. The van der Waals surface area contributed by atoms with E-state index in [4.69, 9.17) is 0 Å². The summed E-state index contributed by atoms with van der Waals surface area (Å²) in [5.41, 5.74) is -0.422. The number of carboxylic acid groups (broad SMARTS) is 4. The zero-order valence-corrected chi connectivity index (χ0v) is 25.9. The molecule has 0 fully saturated rings. The van der Waals surface area contributed by atoms with E-state index in [1.807, 2.05) is 13.8 Å². The molecule has 0 saturated heterocycles. The third kappa shape index (κ3) is 29.2. The third-order valence-corrected chi connectivity index (χ3v) is 9.30. The second-order valence-corrected chi connectivity index (χ2v) is 13.5. The Labute approximate surface area is 226 Å². The molecule has 12 nitrogen and oxygen atoms in total. The predicted molar refractivity (Wildman–Crippen MR) is 127 cm³/mol. The molecule has 0 aromatic carbocycles. The quantitative estimate of drug-likeness (QED) is 0.0735. The number of hydrogen-bond donors (Lipinski definition) is 0. The van der Waals surface area contributed by atoms with Crippen LogP contribution in [0.4, 0.5) is 0 Å². The number of ether oxygens (including phenoxy) is 2. The van der Waals surface area contributed by atoms with Crippen LogP contribution in [0.25, 0.3) is 0 Å². The van der Waals surface area contributed by atoms with Crippen LogP contribution in [0, 0.1) is 0 Å². The van der Waals surface area contributed by atoms with Crippen LogP contribution >= 0.6 is 0 Å². The van der Waals surface area contributed by atoms with E-state index >= 15 is 0 Å². The molecule has 0 rings (SSSR count). The molecular weight excluding hydrogens is 599 g/mol. The zero-order valence-electron chi connectivity index (χ0n) is 21.8. The SMILES string of the molecule is CCCC/C(=C/C(=O)[O-])C(=O)[O-].CCCC/C(=C/C(=O)[O-])C(=O)[O-].COC(=O)C[CH2][SnH2+4][CH2]CC(=O)OC. The molecule has 13 heteroatoms. The predicted octanol–water partition coefficient (Wildman–Crippen LogP) is -2.68. The Bertz CT molecular complexity index is 723. The average molecular weight is 635 g/mol. The molecule has 0 unspecified atom stereocenters. The van der Waals surface area contributed by atoms with Crippen LogP contribution in [-0.4, -0.2) is 71.2 Å². The van der Waals surface area contributed by atoms with Crippen molar-refractivity contribution < 1.29 is 58.7 Å². The van der Waals surface area contributed by atoms with Crippen LogP contribution in [0.5, 0.6) is 0 Å². The summed E-state index contributed by atoms with van der Waals surface area (Å²) in [4.78, 5) is 61.9. The second-order valence-electron chi connectivity index (χ2n) is 7.47. The molecule has 0 bridgehead atoms. The van der Waals surface area contributed by atoms with Gasteiger partial charge in [-0.25, -0.2) is 0 Å². The Morgan fingerprint density at radius 1 is 0.622 bits per heavy atom. The Morgan fingerprint density at radius 3 is 1.16 bits per heavy atom. The molecule has 0 aromatic rings. The summed E-state index contributed by atoms with van der Waals surface area (Å²) in [7, 11) is 2.79. The molecule has 0 aliphatic heterocycles. The van der Waals surface area contributed by atoms with Crippen molar-refractivity contribution >= 4 is 57.0 Å². The van der Waals surface area contributed by atoms with E-state index in [0.29, 0.717) is 37.8 Å². The van der Waals surface area contributed by atoms with Crippen LogP contribution in [-0.2, 0) is 38.2 Å². The first kappa shape index (κ1) is 38.6. The van der Waals surface area contributed by atoms with Gasteiger partial charge in [0.15, 0.2) is 0 Å². The normalized spacial score (nSPS) is 10.6. The van der Waals surface area contributed by atoms with Crippen molar-refractivity contribution in [3.8, 4) is 0 Å². The zero-order chi connectivity index (χ0) is 29.2. The molecule has 208 valence electrons. The van der Waals surface area contributed by atoms with E-state index in [1.165, 1.54) is 14.2 Å². The molecule has 0 aliphatic carbocycles. The van der Waals surface area contributed by atoms with Crippen LogP contribution in [0.15, 0.2) is 23.3 Å². The molecule has 4 radical (unpaired) electrons. The topological polar surface area (TPSA) is 213 Å². The number of aliphatic carboxylic acids is 4. The van der Waals surface area contributed by atoms with Gasteiger partial charge in [0.2, 0.25) is 0 Å². The molecule has 0 aromatic heterocycles. The number of unbranched alkanes of at least 4 members (excludes halogenated alkanes) is 2. The number of carbonyl (C=O) groups excluding carboxylic acids is 6. The van der Waals surface area contributed by atoms with Gasteiger partial charge in [0.05, 0.1) is 23.9 Å². The van der Waals surface area contributed by atoms with Crippen LogP contribution in [0.3, 0.4) is 0 Å². The van der Waals surface area contributed by atoms with E-state index in [-0.39, 0.29) is 35.9 Å². The van der Waals surface area contributed by atoms with Gasteiger partial charge in [0.25, 0.3) is 0 Å². The number of carbonyl (C=O) groups is 6. The molecule has 0 spiro atoms. The van der Waals surface area contributed by atoms with Crippen molar-refractivity contribution in [3.05, 3.63) is 23.3 Å². The van der Waals surface area contributed by atoms with Crippen molar-refractivity contribution in [2.24, 2.45) is 0 Å². The minimum absolute atomic E-state index is 0.144. The molecule has 37 heavy (non-hydrogen) atoms. The van der Waals surface area contributed by atoms with Gasteiger partial charge in [-0.1, -0.05) is 26.7 Å². The monoisotopic (exact) mass is 636 g/mol. The van der Waals surface area contributed by atoms with Gasteiger partial charge in [0, 0.05) is 0 Å². The van der Waals surface area contributed by atoms with Gasteiger partial charge in [-0.2, -0.15) is 0 Å². The summed E-state index contributed by atoms with van der Waals surface area (Å²) >= 11 is -0.881. The Balaban J connectivity index is -0.000000469. The molecule has 0 amide bonds. The summed E-state index contributed by atoms with van der Waals surface area (Å²) < 4.78 is 11.0. The van der Waals surface area contributed by atoms with Gasteiger partial charge in [-0.05, 0) is 49.0 Å². The van der Waals surface area contributed by atoms with Crippen LogP contribution in [0.2, 0.25) is 8.87 Å². The van der Waals surface area contributed by atoms with Gasteiger partial charge in [-0.3, -0.25) is 0 Å². The molecular formula is C24H36O12Sn. The fraction of sp³-hybridized carbons (Fsp3) is 0.583. The summed E-state index contributed by atoms with van der Waals surface area (Å²) in [6, 6.07) is 0. The second kappa shape index (κ2) is 26.2. The summed E-state index contributed by atoms with van der Waals surface area (Å²) in [5, 5.41) is 40.5. The number of methoxy groups -OCH3 is 2.